The third-order valence-corrected chi connectivity index (χ3v) is 2.62. The van der Waals surface area contributed by atoms with Crippen LogP contribution in [0.25, 0.3) is 0 Å². The Morgan fingerprint density at radius 1 is 1.28 bits per heavy atom. The van der Waals surface area contributed by atoms with Crippen LogP contribution in [0.3, 0.4) is 0 Å². The first kappa shape index (κ1) is 14.2. The van der Waals surface area contributed by atoms with Gasteiger partial charge in [0.2, 0.25) is 5.88 Å². The van der Waals surface area contributed by atoms with E-state index in [-0.39, 0.29) is 5.84 Å². The number of rotatable bonds is 6. The fourth-order valence-corrected chi connectivity index (χ4v) is 1.77. The molecule has 0 saturated carbocycles. The Hall–Kier alpha value is -1.85. The average molecular weight is 252 g/mol. The van der Waals surface area contributed by atoms with Gasteiger partial charge in [0.25, 0.3) is 0 Å². The Morgan fingerprint density at radius 3 is 2.50 bits per heavy atom. The highest BCUT2D eigenvalue weighted by atomic mass is 16.5. The molecule has 0 spiro atoms. The summed E-state index contributed by atoms with van der Waals surface area (Å²) in [6, 6.07) is 0. The minimum absolute atomic E-state index is 0.0163. The van der Waals surface area contributed by atoms with Crippen molar-refractivity contribution in [1.82, 2.24) is 10.2 Å². The Balaban J connectivity index is 3.34. The van der Waals surface area contributed by atoms with Gasteiger partial charge in [-0.2, -0.15) is 5.10 Å². The van der Waals surface area contributed by atoms with E-state index in [4.69, 9.17) is 15.7 Å². The van der Waals surface area contributed by atoms with Gasteiger partial charge in [-0.05, 0) is 24.8 Å². The summed E-state index contributed by atoms with van der Waals surface area (Å²) in [6.07, 6.45) is 2.33. The van der Waals surface area contributed by atoms with Gasteiger partial charge < -0.3 is 15.7 Å². The number of hydrogen-bond acceptors (Lipinski definition) is 5. The van der Waals surface area contributed by atoms with E-state index < -0.39 is 0 Å². The summed E-state index contributed by atoms with van der Waals surface area (Å²) in [4.78, 5) is 0. The smallest absolute Gasteiger partial charge is 0.244 e. The van der Waals surface area contributed by atoms with Gasteiger partial charge in [-0.25, -0.2) is 0 Å². The lowest BCUT2D eigenvalue weighted by molar-refractivity contribution is 0.298. The number of amidine groups is 1. The van der Waals surface area contributed by atoms with Crippen LogP contribution in [-0.2, 0) is 12.8 Å². The molecule has 0 atom stereocenters. The Labute approximate surface area is 107 Å². The molecule has 0 saturated heterocycles. The third-order valence-electron chi connectivity index (χ3n) is 2.62. The first-order valence-corrected chi connectivity index (χ1v) is 6.18. The standard InChI is InChI=1S/C12H20N4O2/c1-4-7-18-12-10(11(13)16-17)8(5-2)9(6-3)14-15-12/h17H,4-7H2,1-3H3,(H2,13,16). The molecule has 18 heavy (non-hydrogen) atoms. The second kappa shape index (κ2) is 6.78. The molecule has 100 valence electrons. The predicted octanol–water partition coefficient (Wildman–Crippen LogP) is 1.48. The Bertz CT molecular complexity index is 432. The lowest BCUT2D eigenvalue weighted by Crippen LogP contribution is -2.20. The molecule has 1 rings (SSSR count). The van der Waals surface area contributed by atoms with Crippen LogP contribution in [0.2, 0.25) is 0 Å². The number of ether oxygens (including phenoxy) is 1. The van der Waals surface area contributed by atoms with E-state index in [1.165, 1.54) is 0 Å². The first-order chi connectivity index (χ1) is 8.69. The molecule has 0 aliphatic rings. The summed E-state index contributed by atoms with van der Waals surface area (Å²) in [6.45, 7) is 6.51. The molecule has 0 aromatic carbocycles. The monoisotopic (exact) mass is 252 g/mol. The number of nitrogens with two attached hydrogens (primary N) is 1. The molecule has 6 nitrogen and oxygen atoms in total. The largest absolute Gasteiger partial charge is 0.476 e. The molecule has 0 amide bonds. The zero-order chi connectivity index (χ0) is 13.5. The van der Waals surface area contributed by atoms with E-state index >= 15 is 0 Å². The van der Waals surface area contributed by atoms with E-state index in [9.17, 15) is 0 Å². The van der Waals surface area contributed by atoms with Gasteiger partial charge in [-0.3, -0.25) is 0 Å². The fraction of sp³-hybridized carbons (Fsp3) is 0.583. The second-order valence-electron chi connectivity index (χ2n) is 3.85. The predicted molar refractivity (Wildman–Crippen MR) is 69.1 cm³/mol. The summed E-state index contributed by atoms with van der Waals surface area (Å²) in [7, 11) is 0. The Morgan fingerprint density at radius 2 is 2.00 bits per heavy atom. The highest BCUT2D eigenvalue weighted by Gasteiger charge is 2.19. The van der Waals surface area contributed by atoms with Gasteiger partial charge in [0.1, 0.15) is 0 Å². The summed E-state index contributed by atoms with van der Waals surface area (Å²) >= 11 is 0. The van der Waals surface area contributed by atoms with Crippen molar-refractivity contribution >= 4 is 5.84 Å². The van der Waals surface area contributed by atoms with Crippen LogP contribution in [-0.4, -0.2) is 27.8 Å². The molecule has 0 radical (unpaired) electrons. The van der Waals surface area contributed by atoms with Crippen molar-refractivity contribution < 1.29 is 9.94 Å². The SMILES string of the molecule is CCCOc1nnc(CC)c(CC)c1C(N)=NO. The van der Waals surface area contributed by atoms with Gasteiger partial charge in [-0.1, -0.05) is 25.9 Å². The van der Waals surface area contributed by atoms with Gasteiger partial charge in [0.05, 0.1) is 17.9 Å². The van der Waals surface area contributed by atoms with E-state index in [1.54, 1.807) is 0 Å². The summed E-state index contributed by atoms with van der Waals surface area (Å²) in [5, 5.41) is 20.1. The molecule has 0 fully saturated rings. The van der Waals surface area contributed by atoms with Crippen LogP contribution in [0.15, 0.2) is 5.16 Å². The van der Waals surface area contributed by atoms with Crippen LogP contribution >= 0.6 is 0 Å². The topological polar surface area (TPSA) is 93.6 Å². The molecule has 1 heterocycles. The Kier molecular flexibility index (Phi) is 5.35. The normalized spacial score (nSPS) is 11.6. The maximum atomic E-state index is 8.88. The lowest BCUT2D eigenvalue weighted by Gasteiger charge is -2.14. The fourth-order valence-electron chi connectivity index (χ4n) is 1.77. The molecule has 6 heteroatoms. The van der Waals surface area contributed by atoms with Crippen molar-refractivity contribution in [3.8, 4) is 5.88 Å². The van der Waals surface area contributed by atoms with Crippen LogP contribution in [0, 0.1) is 0 Å². The maximum Gasteiger partial charge on any atom is 0.244 e. The number of aromatic nitrogens is 2. The molecule has 1 aromatic rings. The first-order valence-electron chi connectivity index (χ1n) is 6.18. The number of aryl methyl sites for hydroxylation is 1. The van der Waals surface area contributed by atoms with Crippen molar-refractivity contribution in [2.45, 2.75) is 40.0 Å². The van der Waals surface area contributed by atoms with Crippen LogP contribution in [0.5, 0.6) is 5.88 Å². The van der Waals surface area contributed by atoms with E-state index in [2.05, 4.69) is 15.4 Å². The van der Waals surface area contributed by atoms with Crippen LogP contribution < -0.4 is 10.5 Å². The lowest BCUT2D eigenvalue weighted by atomic mass is 10.0. The molecule has 0 aliphatic heterocycles. The number of hydrogen-bond donors (Lipinski definition) is 2. The van der Waals surface area contributed by atoms with Gasteiger partial charge in [-0.15, -0.1) is 5.10 Å². The van der Waals surface area contributed by atoms with Crippen molar-refractivity contribution in [3.63, 3.8) is 0 Å². The quantitative estimate of drug-likeness (QED) is 0.346. The van der Waals surface area contributed by atoms with Crippen molar-refractivity contribution in [2.75, 3.05) is 6.61 Å². The summed E-state index contributed by atoms with van der Waals surface area (Å²) < 4.78 is 5.51. The van der Waals surface area contributed by atoms with E-state index in [1.807, 2.05) is 20.8 Å². The van der Waals surface area contributed by atoms with Gasteiger partial charge in [0.15, 0.2) is 5.84 Å². The molecule has 0 unspecified atom stereocenters. The van der Waals surface area contributed by atoms with Crippen LogP contribution in [0.4, 0.5) is 0 Å². The zero-order valence-corrected chi connectivity index (χ0v) is 11.1. The molecular formula is C12H20N4O2. The van der Waals surface area contributed by atoms with E-state index in [0.717, 1.165) is 30.5 Å². The minimum Gasteiger partial charge on any atom is -0.476 e. The minimum atomic E-state index is 0.0163. The van der Waals surface area contributed by atoms with Gasteiger partial charge in [0, 0.05) is 0 Å². The zero-order valence-electron chi connectivity index (χ0n) is 11.1. The number of nitrogens with zero attached hydrogens (tertiary/aromatic N) is 3. The number of oxime groups is 1. The highest BCUT2D eigenvalue weighted by molar-refractivity contribution is 6.00. The highest BCUT2D eigenvalue weighted by Crippen LogP contribution is 2.22. The van der Waals surface area contributed by atoms with E-state index in [0.29, 0.717) is 18.1 Å². The summed E-state index contributed by atoms with van der Waals surface area (Å²) in [5.74, 6) is 0.351. The maximum absolute atomic E-state index is 8.88. The third kappa shape index (κ3) is 2.88. The molecule has 0 aliphatic carbocycles. The summed E-state index contributed by atoms with van der Waals surface area (Å²) in [5.41, 5.74) is 8.05. The van der Waals surface area contributed by atoms with Crippen LogP contribution in [0.1, 0.15) is 44.0 Å². The second-order valence-corrected chi connectivity index (χ2v) is 3.85. The average Bonchev–Trinajstić information content (AvgIpc) is 2.42. The van der Waals surface area contributed by atoms with Crippen molar-refractivity contribution in [1.29, 1.82) is 0 Å². The molecule has 1 aromatic heterocycles. The molecular weight excluding hydrogens is 232 g/mol. The van der Waals surface area contributed by atoms with Crippen molar-refractivity contribution in [2.24, 2.45) is 10.9 Å². The van der Waals surface area contributed by atoms with Gasteiger partial charge >= 0.3 is 0 Å². The molecule has 0 bridgehead atoms. The molecule has 3 N–H and O–H groups in total. The van der Waals surface area contributed by atoms with Crippen molar-refractivity contribution in [3.05, 3.63) is 16.8 Å².